The Labute approximate surface area is 281 Å². The van der Waals surface area contributed by atoms with Crippen LogP contribution in [-0.2, 0) is 26.1 Å². The van der Waals surface area contributed by atoms with Gasteiger partial charge in [0.2, 0.25) is 10.3 Å². The highest BCUT2D eigenvalue weighted by Gasteiger charge is 2.37. The van der Waals surface area contributed by atoms with Crippen LogP contribution in [0, 0.1) is 0 Å². The van der Waals surface area contributed by atoms with Crippen LogP contribution in [0.5, 0.6) is 0 Å². The molecule has 248 valence electrons. The molecule has 3 aromatic heterocycles. The number of aromatic nitrogens is 5. The van der Waals surface area contributed by atoms with Crippen molar-refractivity contribution in [3.05, 3.63) is 113 Å². The van der Waals surface area contributed by atoms with Crippen molar-refractivity contribution in [1.82, 2.24) is 39.2 Å². The Bertz CT molecular complexity index is 2310. The number of hydrazine groups is 1. The van der Waals surface area contributed by atoms with Crippen molar-refractivity contribution in [3.63, 3.8) is 0 Å². The molecule has 3 aromatic carbocycles. The van der Waals surface area contributed by atoms with Crippen LogP contribution in [0.2, 0.25) is 0 Å². The highest BCUT2D eigenvalue weighted by Crippen LogP contribution is 2.28. The van der Waals surface area contributed by atoms with Gasteiger partial charge >= 0.3 is 12.1 Å². The van der Waals surface area contributed by atoms with E-state index in [1.54, 1.807) is 24.3 Å². The lowest BCUT2D eigenvalue weighted by Crippen LogP contribution is -2.61. The van der Waals surface area contributed by atoms with Crippen molar-refractivity contribution < 1.29 is 27.5 Å². The third kappa shape index (κ3) is 6.29. The number of aromatic amines is 1. The summed E-state index contributed by atoms with van der Waals surface area (Å²) in [6, 6.07) is 24.1. The summed E-state index contributed by atoms with van der Waals surface area (Å²) >= 11 is 0.937. The maximum absolute atomic E-state index is 13.2. The predicted octanol–water partition coefficient (Wildman–Crippen LogP) is 3.23. The van der Waals surface area contributed by atoms with Gasteiger partial charge in [-0.2, -0.15) is 13.4 Å². The third-order valence-electron chi connectivity index (χ3n) is 7.50. The Morgan fingerprint density at radius 1 is 0.918 bits per heavy atom. The van der Waals surface area contributed by atoms with E-state index in [2.05, 4.69) is 30.7 Å². The first-order valence-electron chi connectivity index (χ1n) is 14.7. The van der Waals surface area contributed by atoms with Crippen LogP contribution in [0.25, 0.3) is 21.4 Å². The summed E-state index contributed by atoms with van der Waals surface area (Å²) in [5.74, 6) is -0.896. The van der Waals surface area contributed by atoms with Crippen molar-refractivity contribution >= 4 is 66.7 Å². The number of hydrogen-bond acceptors (Lipinski definition) is 11. The molecule has 1 aliphatic rings. The summed E-state index contributed by atoms with van der Waals surface area (Å²) < 4.78 is 34.4. The van der Waals surface area contributed by atoms with Gasteiger partial charge in [0.05, 0.1) is 29.6 Å². The Kier molecular flexibility index (Phi) is 8.22. The Morgan fingerprint density at radius 3 is 2.27 bits per heavy atom. The molecule has 16 nitrogen and oxygen atoms in total. The molecule has 1 saturated heterocycles. The number of anilines is 1. The number of sulfonamides is 1. The number of amides is 4. The first-order chi connectivity index (χ1) is 23.7. The summed E-state index contributed by atoms with van der Waals surface area (Å²) in [6.07, 6.45) is -0.444. The molecule has 0 radical (unpaired) electrons. The molecule has 1 fully saturated rings. The quantitative estimate of drug-likeness (QED) is 0.212. The lowest BCUT2D eigenvalue weighted by Gasteiger charge is -2.33. The molecular formula is C31H25N9O7S2. The van der Waals surface area contributed by atoms with Crippen LogP contribution in [0.1, 0.15) is 17.2 Å². The second-order valence-electron chi connectivity index (χ2n) is 10.7. The minimum absolute atomic E-state index is 0.0292. The summed E-state index contributed by atoms with van der Waals surface area (Å²) in [7, 11) is -4.28. The van der Waals surface area contributed by atoms with Gasteiger partial charge in [-0.1, -0.05) is 72.8 Å². The zero-order valence-corrected chi connectivity index (χ0v) is 26.8. The monoisotopic (exact) mass is 699 g/mol. The van der Waals surface area contributed by atoms with Crippen LogP contribution in [-0.4, -0.2) is 73.4 Å². The van der Waals surface area contributed by atoms with E-state index in [0.717, 1.165) is 27.5 Å². The second-order valence-corrected chi connectivity index (χ2v) is 13.7. The van der Waals surface area contributed by atoms with Crippen molar-refractivity contribution in [3.8, 4) is 0 Å². The highest BCUT2D eigenvalue weighted by molar-refractivity contribution is 7.91. The number of imidazole rings is 1. The molecule has 4 heterocycles. The van der Waals surface area contributed by atoms with Gasteiger partial charge in [-0.25, -0.2) is 34.3 Å². The number of carbonyl (C=O) groups is 3. The largest absolute Gasteiger partial charge is 0.436 e. The van der Waals surface area contributed by atoms with Gasteiger partial charge in [-0.15, -0.1) is 11.3 Å². The zero-order chi connectivity index (χ0) is 34.1. The molecular weight excluding hydrogens is 675 g/mol. The number of urea groups is 1. The molecule has 0 bridgehead atoms. The molecule has 7 rings (SSSR count). The molecule has 1 aliphatic heterocycles. The number of carbonyl (C=O) groups excluding carboxylic acids is 3. The molecule has 4 amide bonds. The van der Waals surface area contributed by atoms with Crippen LogP contribution < -0.4 is 16.3 Å². The maximum Gasteiger partial charge on any atom is 0.414 e. The van der Waals surface area contributed by atoms with Gasteiger partial charge in [0, 0.05) is 0 Å². The van der Waals surface area contributed by atoms with Gasteiger partial charge in [-0.3, -0.25) is 19.9 Å². The van der Waals surface area contributed by atoms with Crippen LogP contribution in [0.3, 0.4) is 0 Å². The van der Waals surface area contributed by atoms with Gasteiger partial charge in [0.15, 0.2) is 17.3 Å². The number of nitrogens with one attached hydrogen (secondary N) is 3. The van der Waals surface area contributed by atoms with E-state index in [-0.39, 0.29) is 34.5 Å². The van der Waals surface area contributed by atoms with Gasteiger partial charge in [-0.05, 0) is 23.3 Å². The SMILES string of the molecule is O=C(Nc1nc2c(ncn2CC(=O)N2CCN(S(=O)(=O)c3nc4ccccc4s3)C(=O)N2)c(=O)[nH]1)OC(c1ccccc1)c1ccccc1. The second kappa shape index (κ2) is 12.8. The number of hydrogen-bond donors (Lipinski definition) is 3. The van der Waals surface area contributed by atoms with Crippen LogP contribution in [0.15, 0.2) is 100 Å². The van der Waals surface area contributed by atoms with Gasteiger partial charge in [0.1, 0.15) is 6.54 Å². The maximum atomic E-state index is 13.2. The average molecular weight is 700 g/mol. The van der Waals surface area contributed by atoms with E-state index in [1.807, 2.05) is 60.7 Å². The van der Waals surface area contributed by atoms with Gasteiger partial charge < -0.3 is 9.30 Å². The van der Waals surface area contributed by atoms with E-state index in [1.165, 1.54) is 10.9 Å². The minimum atomic E-state index is -4.28. The number of para-hydroxylation sites is 1. The van der Waals surface area contributed by atoms with E-state index in [9.17, 15) is 27.6 Å². The van der Waals surface area contributed by atoms with Crippen molar-refractivity contribution in [2.45, 2.75) is 17.0 Å². The summed E-state index contributed by atoms with van der Waals surface area (Å²) in [5.41, 5.74) is 3.42. The Balaban J connectivity index is 1.04. The Hall–Kier alpha value is -6.14. The van der Waals surface area contributed by atoms with Crippen molar-refractivity contribution in [1.29, 1.82) is 0 Å². The smallest absolute Gasteiger partial charge is 0.414 e. The Morgan fingerprint density at radius 2 is 1.59 bits per heavy atom. The summed E-state index contributed by atoms with van der Waals surface area (Å²) in [5, 5.41) is 3.41. The third-order valence-corrected chi connectivity index (χ3v) is 10.7. The fourth-order valence-electron chi connectivity index (χ4n) is 5.17. The minimum Gasteiger partial charge on any atom is -0.436 e. The molecule has 6 aromatic rings. The first-order valence-corrected chi connectivity index (χ1v) is 16.9. The molecule has 49 heavy (non-hydrogen) atoms. The number of nitrogens with zero attached hydrogens (tertiary/aromatic N) is 6. The molecule has 0 aliphatic carbocycles. The molecule has 0 unspecified atom stereocenters. The van der Waals surface area contributed by atoms with E-state index < -0.39 is 46.3 Å². The number of rotatable bonds is 8. The van der Waals surface area contributed by atoms with E-state index >= 15 is 0 Å². The number of fused-ring (bicyclic) bond motifs is 2. The number of ether oxygens (including phenoxy) is 1. The molecule has 0 spiro atoms. The van der Waals surface area contributed by atoms with Crippen LogP contribution in [0.4, 0.5) is 15.5 Å². The number of H-pyrrole nitrogens is 1. The molecule has 3 N–H and O–H groups in total. The number of benzene rings is 3. The van der Waals surface area contributed by atoms with Gasteiger partial charge in [0.25, 0.3) is 21.5 Å². The fourth-order valence-corrected chi connectivity index (χ4v) is 7.81. The lowest BCUT2D eigenvalue weighted by atomic mass is 10.0. The van der Waals surface area contributed by atoms with Crippen LogP contribution >= 0.6 is 11.3 Å². The fraction of sp³-hybridized carbons (Fsp3) is 0.129. The normalized spacial score (nSPS) is 13.5. The number of thiazole rings is 1. The van der Waals surface area contributed by atoms with Crippen molar-refractivity contribution in [2.24, 2.45) is 0 Å². The standard InChI is InChI=1S/C31H25N9O7S2/c41-23(39-15-16-40(29(43)37-39)49(45,46)31-33-21-13-7-8-14-22(21)48-31)17-38-18-32-24-26(38)34-28(35-27(24)42)36-30(44)47-25(19-9-3-1-4-10-19)20-11-5-2-6-12-20/h1-14,18,25H,15-17H2,(H,37,43)(H2,34,35,36,42,44). The first kappa shape index (κ1) is 31.5. The van der Waals surface area contributed by atoms with E-state index in [4.69, 9.17) is 4.74 Å². The lowest BCUT2D eigenvalue weighted by molar-refractivity contribution is -0.135. The topological polar surface area (TPSA) is 202 Å². The molecule has 0 saturated carbocycles. The predicted molar refractivity (Wildman–Crippen MR) is 177 cm³/mol. The molecule has 18 heteroatoms. The van der Waals surface area contributed by atoms with Crippen molar-refractivity contribution in [2.75, 3.05) is 18.4 Å². The van der Waals surface area contributed by atoms with E-state index in [0.29, 0.717) is 14.5 Å². The zero-order valence-electron chi connectivity index (χ0n) is 25.2. The molecule has 0 atom stereocenters. The average Bonchev–Trinajstić information content (AvgIpc) is 3.73. The summed E-state index contributed by atoms with van der Waals surface area (Å²) in [4.78, 5) is 66.8. The highest BCUT2D eigenvalue weighted by atomic mass is 32.2. The summed E-state index contributed by atoms with van der Waals surface area (Å²) in [6.45, 7) is -0.911.